The Labute approximate surface area is 125 Å². The standard InChI is InChI=1S/C17H23N3O/c1-2-17(6-9-21-10-7-17)12-20-16-15-4-3-14(18)11-13(15)5-8-19-16/h3-5,8,11H,2,6-7,9-10,12,18H2,1H3,(H,19,20). The van der Waals surface area contributed by atoms with Crippen molar-refractivity contribution in [1.29, 1.82) is 0 Å². The van der Waals surface area contributed by atoms with Crippen molar-refractivity contribution in [1.82, 2.24) is 4.98 Å². The van der Waals surface area contributed by atoms with Crippen molar-refractivity contribution in [2.75, 3.05) is 30.8 Å². The maximum absolute atomic E-state index is 5.85. The zero-order valence-electron chi connectivity index (χ0n) is 12.6. The van der Waals surface area contributed by atoms with E-state index in [2.05, 4.69) is 17.2 Å². The lowest BCUT2D eigenvalue weighted by Gasteiger charge is -2.36. The molecule has 0 unspecified atom stereocenters. The maximum Gasteiger partial charge on any atom is 0.133 e. The van der Waals surface area contributed by atoms with Crippen LogP contribution in [0.2, 0.25) is 0 Å². The predicted molar refractivity (Wildman–Crippen MR) is 87.4 cm³/mol. The molecule has 112 valence electrons. The van der Waals surface area contributed by atoms with Gasteiger partial charge in [0.15, 0.2) is 0 Å². The third kappa shape index (κ3) is 2.95. The van der Waals surface area contributed by atoms with Gasteiger partial charge >= 0.3 is 0 Å². The molecule has 1 fully saturated rings. The molecule has 1 aromatic heterocycles. The molecule has 3 N–H and O–H groups in total. The third-order valence-electron chi connectivity index (χ3n) is 4.72. The molecule has 21 heavy (non-hydrogen) atoms. The topological polar surface area (TPSA) is 60.2 Å². The van der Waals surface area contributed by atoms with Gasteiger partial charge in [-0.15, -0.1) is 0 Å². The molecule has 1 aliphatic heterocycles. The number of nitrogens with one attached hydrogen (secondary N) is 1. The normalized spacial score (nSPS) is 17.8. The Morgan fingerprint density at radius 2 is 2.10 bits per heavy atom. The number of pyridine rings is 1. The number of fused-ring (bicyclic) bond motifs is 1. The van der Waals surface area contributed by atoms with Crippen LogP contribution in [0.3, 0.4) is 0 Å². The van der Waals surface area contributed by atoms with E-state index in [0.717, 1.165) is 54.9 Å². The van der Waals surface area contributed by atoms with Gasteiger partial charge in [0.05, 0.1) is 0 Å². The van der Waals surface area contributed by atoms with Crippen molar-refractivity contribution in [3.63, 3.8) is 0 Å². The second-order valence-corrected chi connectivity index (χ2v) is 5.96. The Hall–Kier alpha value is -1.81. The second-order valence-electron chi connectivity index (χ2n) is 5.96. The molecule has 0 radical (unpaired) electrons. The molecule has 0 spiro atoms. The predicted octanol–water partition coefficient (Wildman–Crippen LogP) is 3.44. The van der Waals surface area contributed by atoms with Crippen molar-refractivity contribution >= 4 is 22.3 Å². The summed E-state index contributed by atoms with van der Waals surface area (Å²) in [5.74, 6) is 0.951. The van der Waals surface area contributed by atoms with Crippen LogP contribution in [0.5, 0.6) is 0 Å². The van der Waals surface area contributed by atoms with E-state index in [1.165, 1.54) is 6.42 Å². The SMILES string of the molecule is CCC1(CNc2nccc3cc(N)ccc23)CCOCC1. The molecule has 0 bridgehead atoms. The number of hydrogen-bond donors (Lipinski definition) is 2. The molecule has 1 saturated heterocycles. The molecule has 3 rings (SSSR count). The van der Waals surface area contributed by atoms with Gasteiger partial charge < -0.3 is 15.8 Å². The summed E-state index contributed by atoms with van der Waals surface area (Å²) in [7, 11) is 0. The minimum atomic E-state index is 0.329. The number of benzene rings is 1. The van der Waals surface area contributed by atoms with Crippen LogP contribution >= 0.6 is 0 Å². The first kappa shape index (κ1) is 14.1. The molecule has 1 aromatic carbocycles. The number of rotatable bonds is 4. The van der Waals surface area contributed by atoms with Crippen LogP contribution in [0, 0.1) is 5.41 Å². The van der Waals surface area contributed by atoms with Crippen molar-refractivity contribution in [2.24, 2.45) is 5.41 Å². The molecular weight excluding hydrogens is 262 g/mol. The lowest BCUT2D eigenvalue weighted by atomic mass is 9.78. The minimum absolute atomic E-state index is 0.329. The largest absolute Gasteiger partial charge is 0.399 e. The van der Waals surface area contributed by atoms with Gasteiger partial charge in [-0.1, -0.05) is 6.92 Å². The van der Waals surface area contributed by atoms with Crippen LogP contribution in [0.4, 0.5) is 11.5 Å². The van der Waals surface area contributed by atoms with E-state index in [0.29, 0.717) is 5.41 Å². The summed E-state index contributed by atoms with van der Waals surface area (Å²) in [6, 6.07) is 7.97. The number of nitrogens with zero attached hydrogens (tertiary/aromatic N) is 1. The lowest BCUT2D eigenvalue weighted by molar-refractivity contribution is 0.0191. The van der Waals surface area contributed by atoms with Gasteiger partial charge in [-0.2, -0.15) is 0 Å². The van der Waals surface area contributed by atoms with E-state index in [4.69, 9.17) is 10.5 Å². The average molecular weight is 285 g/mol. The summed E-state index contributed by atoms with van der Waals surface area (Å²) in [6.45, 7) is 4.96. The summed E-state index contributed by atoms with van der Waals surface area (Å²) in [5.41, 5.74) is 6.97. The first-order valence-electron chi connectivity index (χ1n) is 7.68. The van der Waals surface area contributed by atoms with Crippen molar-refractivity contribution in [3.05, 3.63) is 30.5 Å². The zero-order valence-corrected chi connectivity index (χ0v) is 12.6. The van der Waals surface area contributed by atoms with E-state index in [1.54, 1.807) is 0 Å². The number of aromatic nitrogens is 1. The Morgan fingerprint density at radius 3 is 2.86 bits per heavy atom. The Bertz CT molecular complexity index is 620. The van der Waals surface area contributed by atoms with E-state index < -0.39 is 0 Å². The highest BCUT2D eigenvalue weighted by atomic mass is 16.5. The van der Waals surface area contributed by atoms with E-state index in [-0.39, 0.29) is 0 Å². The summed E-state index contributed by atoms with van der Waals surface area (Å²) in [6.07, 6.45) is 5.25. The molecule has 1 aliphatic rings. The molecule has 2 aromatic rings. The van der Waals surface area contributed by atoms with Crippen LogP contribution in [-0.2, 0) is 4.74 Å². The first-order valence-corrected chi connectivity index (χ1v) is 7.68. The maximum atomic E-state index is 5.85. The van der Waals surface area contributed by atoms with E-state index in [9.17, 15) is 0 Å². The Morgan fingerprint density at radius 1 is 1.29 bits per heavy atom. The van der Waals surface area contributed by atoms with Gasteiger partial charge in [0, 0.05) is 37.0 Å². The van der Waals surface area contributed by atoms with E-state index in [1.807, 2.05) is 30.5 Å². The Balaban J connectivity index is 1.81. The van der Waals surface area contributed by atoms with Crippen molar-refractivity contribution in [2.45, 2.75) is 26.2 Å². The molecule has 0 amide bonds. The molecular formula is C17H23N3O. The zero-order chi connectivity index (χ0) is 14.7. The highest BCUT2D eigenvalue weighted by molar-refractivity contribution is 5.93. The number of nitrogens with two attached hydrogens (primary N) is 1. The lowest BCUT2D eigenvalue weighted by Crippen LogP contribution is -2.35. The summed E-state index contributed by atoms with van der Waals surface area (Å²) < 4.78 is 5.50. The van der Waals surface area contributed by atoms with Gasteiger partial charge in [-0.3, -0.25) is 0 Å². The van der Waals surface area contributed by atoms with E-state index >= 15 is 0 Å². The fraction of sp³-hybridized carbons (Fsp3) is 0.471. The summed E-state index contributed by atoms with van der Waals surface area (Å²) in [5, 5.41) is 5.82. The summed E-state index contributed by atoms with van der Waals surface area (Å²) in [4.78, 5) is 4.50. The van der Waals surface area contributed by atoms with Gasteiger partial charge in [0.2, 0.25) is 0 Å². The van der Waals surface area contributed by atoms with Crippen LogP contribution in [0.1, 0.15) is 26.2 Å². The van der Waals surface area contributed by atoms with Crippen LogP contribution in [0.25, 0.3) is 10.8 Å². The minimum Gasteiger partial charge on any atom is -0.399 e. The quantitative estimate of drug-likeness (QED) is 0.845. The molecule has 0 aliphatic carbocycles. The molecule has 0 atom stereocenters. The van der Waals surface area contributed by atoms with Crippen LogP contribution in [-0.4, -0.2) is 24.7 Å². The molecule has 2 heterocycles. The van der Waals surface area contributed by atoms with Crippen molar-refractivity contribution in [3.8, 4) is 0 Å². The number of ether oxygens (including phenoxy) is 1. The highest BCUT2D eigenvalue weighted by Gasteiger charge is 2.30. The number of hydrogen-bond acceptors (Lipinski definition) is 4. The fourth-order valence-electron chi connectivity index (χ4n) is 3.07. The van der Waals surface area contributed by atoms with Gasteiger partial charge in [-0.05, 0) is 54.3 Å². The fourth-order valence-corrected chi connectivity index (χ4v) is 3.07. The first-order chi connectivity index (χ1) is 10.2. The van der Waals surface area contributed by atoms with Crippen LogP contribution in [0.15, 0.2) is 30.5 Å². The third-order valence-corrected chi connectivity index (χ3v) is 4.72. The van der Waals surface area contributed by atoms with Crippen molar-refractivity contribution < 1.29 is 4.74 Å². The number of anilines is 2. The molecule has 4 heteroatoms. The van der Waals surface area contributed by atoms with Gasteiger partial charge in [0.25, 0.3) is 0 Å². The highest BCUT2D eigenvalue weighted by Crippen LogP contribution is 2.34. The smallest absolute Gasteiger partial charge is 0.133 e. The molecule has 0 saturated carbocycles. The average Bonchev–Trinajstić information content (AvgIpc) is 2.53. The Kier molecular flexibility index (Phi) is 3.97. The number of nitrogen functional groups attached to an aromatic ring is 1. The van der Waals surface area contributed by atoms with Gasteiger partial charge in [-0.25, -0.2) is 4.98 Å². The van der Waals surface area contributed by atoms with Gasteiger partial charge in [0.1, 0.15) is 5.82 Å². The van der Waals surface area contributed by atoms with Crippen LogP contribution < -0.4 is 11.1 Å². The molecule has 4 nitrogen and oxygen atoms in total. The summed E-state index contributed by atoms with van der Waals surface area (Å²) >= 11 is 0. The second kappa shape index (κ2) is 5.90. The monoisotopic (exact) mass is 285 g/mol.